The van der Waals surface area contributed by atoms with Gasteiger partial charge in [-0.3, -0.25) is 9.69 Å². The molecular weight excluding hydrogens is 244 g/mol. The minimum atomic E-state index is 0.764. The Labute approximate surface area is 113 Å². The van der Waals surface area contributed by atoms with Crippen LogP contribution in [0.2, 0.25) is 0 Å². The summed E-state index contributed by atoms with van der Waals surface area (Å²) < 4.78 is 0. The Morgan fingerprint density at radius 1 is 1.28 bits per heavy atom. The summed E-state index contributed by atoms with van der Waals surface area (Å²) in [4.78, 5) is 16.8. The summed E-state index contributed by atoms with van der Waals surface area (Å²) >= 11 is 1.83. The summed E-state index contributed by atoms with van der Waals surface area (Å²) in [5.41, 5.74) is 0.764. The highest BCUT2D eigenvalue weighted by molar-refractivity contribution is 7.99. The minimum absolute atomic E-state index is 0.764. The number of hydrogen-bond acceptors (Lipinski definition) is 4. The normalized spacial score (nSPS) is 17.8. The lowest BCUT2D eigenvalue weighted by atomic mass is 10.2. The smallest absolute Gasteiger partial charge is 0.150 e. The van der Waals surface area contributed by atoms with Crippen LogP contribution < -0.4 is 0 Å². The Morgan fingerprint density at radius 2 is 2.06 bits per heavy atom. The van der Waals surface area contributed by atoms with Gasteiger partial charge in [0.05, 0.1) is 0 Å². The van der Waals surface area contributed by atoms with Crippen molar-refractivity contribution in [2.45, 2.75) is 4.90 Å². The van der Waals surface area contributed by atoms with Gasteiger partial charge in [-0.15, -0.1) is 11.8 Å². The van der Waals surface area contributed by atoms with Crippen LogP contribution in [0.1, 0.15) is 10.4 Å². The molecule has 1 aliphatic rings. The van der Waals surface area contributed by atoms with Crippen molar-refractivity contribution in [2.75, 3.05) is 45.5 Å². The lowest BCUT2D eigenvalue weighted by Crippen LogP contribution is -2.45. The molecule has 0 amide bonds. The Balaban J connectivity index is 1.73. The van der Waals surface area contributed by atoms with Crippen molar-refractivity contribution in [1.29, 1.82) is 0 Å². The molecule has 3 nitrogen and oxygen atoms in total. The molecule has 1 aromatic carbocycles. The maximum atomic E-state index is 10.7. The zero-order valence-electron chi connectivity index (χ0n) is 10.8. The molecule has 0 atom stereocenters. The number of aldehydes is 1. The van der Waals surface area contributed by atoms with Gasteiger partial charge in [-0.1, -0.05) is 12.1 Å². The molecular formula is C14H20N2OS. The predicted octanol–water partition coefficient (Wildman–Crippen LogP) is 1.84. The van der Waals surface area contributed by atoms with Gasteiger partial charge in [-0.2, -0.15) is 0 Å². The SMILES string of the molecule is CN1CCN(CCSc2cccc(C=O)c2)CC1. The summed E-state index contributed by atoms with van der Waals surface area (Å²) in [6.45, 7) is 5.82. The molecule has 0 saturated carbocycles. The van der Waals surface area contributed by atoms with Crippen LogP contribution in [0.4, 0.5) is 0 Å². The van der Waals surface area contributed by atoms with Gasteiger partial charge >= 0.3 is 0 Å². The molecule has 0 unspecified atom stereocenters. The third kappa shape index (κ3) is 4.12. The van der Waals surface area contributed by atoms with Crippen molar-refractivity contribution in [3.05, 3.63) is 29.8 Å². The number of carbonyl (C=O) groups is 1. The first kappa shape index (κ1) is 13.6. The van der Waals surface area contributed by atoms with Crippen LogP contribution in [0.5, 0.6) is 0 Å². The number of hydrogen-bond donors (Lipinski definition) is 0. The number of benzene rings is 1. The van der Waals surface area contributed by atoms with E-state index < -0.39 is 0 Å². The molecule has 2 rings (SSSR count). The molecule has 1 aromatic rings. The van der Waals surface area contributed by atoms with Crippen molar-refractivity contribution in [3.8, 4) is 0 Å². The van der Waals surface area contributed by atoms with E-state index in [2.05, 4.69) is 22.9 Å². The molecule has 0 spiro atoms. The molecule has 4 heteroatoms. The maximum Gasteiger partial charge on any atom is 0.150 e. The Bertz CT molecular complexity index is 389. The standard InChI is InChI=1S/C14H20N2OS/c1-15-5-7-16(8-6-15)9-10-18-14-4-2-3-13(11-14)12-17/h2-4,11-12H,5-10H2,1H3. The minimum Gasteiger partial charge on any atom is -0.304 e. The summed E-state index contributed by atoms with van der Waals surface area (Å²) in [5.74, 6) is 1.09. The second kappa shape index (κ2) is 6.92. The van der Waals surface area contributed by atoms with E-state index in [0.29, 0.717) is 0 Å². The van der Waals surface area contributed by atoms with Crippen LogP contribution in [0, 0.1) is 0 Å². The highest BCUT2D eigenvalue weighted by Gasteiger charge is 2.12. The highest BCUT2D eigenvalue weighted by Crippen LogP contribution is 2.18. The molecule has 0 bridgehead atoms. The van der Waals surface area contributed by atoms with E-state index in [1.165, 1.54) is 31.1 Å². The van der Waals surface area contributed by atoms with Crippen LogP contribution >= 0.6 is 11.8 Å². The fraction of sp³-hybridized carbons (Fsp3) is 0.500. The largest absolute Gasteiger partial charge is 0.304 e. The summed E-state index contributed by atoms with van der Waals surface area (Å²) in [6.07, 6.45) is 0.907. The van der Waals surface area contributed by atoms with Gasteiger partial charge in [0.1, 0.15) is 6.29 Å². The Kier molecular flexibility index (Phi) is 5.23. The molecule has 0 radical (unpaired) electrons. The Morgan fingerprint density at radius 3 is 2.78 bits per heavy atom. The van der Waals surface area contributed by atoms with Crippen molar-refractivity contribution in [3.63, 3.8) is 0 Å². The number of piperazine rings is 1. The first-order valence-corrected chi connectivity index (χ1v) is 7.35. The van der Waals surface area contributed by atoms with Crippen molar-refractivity contribution in [1.82, 2.24) is 9.80 Å². The summed E-state index contributed by atoms with van der Waals surface area (Å²) in [7, 11) is 2.18. The number of carbonyl (C=O) groups excluding carboxylic acids is 1. The van der Waals surface area contributed by atoms with E-state index in [1.54, 1.807) is 0 Å². The molecule has 18 heavy (non-hydrogen) atoms. The molecule has 1 fully saturated rings. The number of rotatable bonds is 5. The third-order valence-electron chi connectivity index (χ3n) is 3.27. The van der Waals surface area contributed by atoms with E-state index in [0.717, 1.165) is 24.1 Å². The van der Waals surface area contributed by atoms with Gasteiger partial charge in [0.2, 0.25) is 0 Å². The van der Waals surface area contributed by atoms with E-state index in [-0.39, 0.29) is 0 Å². The molecule has 98 valence electrons. The quantitative estimate of drug-likeness (QED) is 0.598. The lowest BCUT2D eigenvalue weighted by Gasteiger charge is -2.32. The average molecular weight is 264 g/mol. The van der Waals surface area contributed by atoms with Gasteiger partial charge in [-0.25, -0.2) is 0 Å². The molecule has 1 heterocycles. The molecule has 0 aliphatic carbocycles. The molecule has 1 saturated heterocycles. The Hall–Kier alpha value is -0.840. The predicted molar refractivity (Wildman–Crippen MR) is 76.5 cm³/mol. The summed E-state index contributed by atoms with van der Waals surface area (Å²) in [5, 5.41) is 0. The van der Waals surface area contributed by atoms with E-state index >= 15 is 0 Å². The number of likely N-dealkylation sites (N-methyl/N-ethyl adjacent to an activating group) is 1. The second-order valence-corrected chi connectivity index (χ2v) is 5.85. The first-order chi connectivity index (χ1) is 8.78. The van der Waals surface area contributed by atoms with Crippen LogP contribution in [0.3, 0.4) is 0 Å². The zero-order valence-corrected chi connectivity index (χ0v) is 11.7. The number of nitrogens with zero attached hydrogens (tertiary/aromatic N) is 2. The van der Waals surface area contributed by atoms with Crippen LogP contribution in [-0.2, 0) is 0 Å². The van der Waals surface area contributed by atoms with Crippen molar-refractivity contribution >= 4 is 18.0 Å². The van der Waals surface area contributed by atoms with E-state index in [1.807, 2.05) is 30.0 Å². The number of thioether (sulfide) groups is 1. The maximum absolute atomic E-state index is 10.7. The third-order valence-corrected chi connectivity index (χ3v) is 4.24. The van der Waals surface area contributed by atoms with E-state index in [4.69, 9.17) is 0 Å². The zero-order chi connectivity index (χ0) is 12.8. The van der Waals surface area contributed by atoms with Gasteiger partial charge < -0.3 is 4.90 Å². The van der Waals surface area contributed by atoms with Gasteiger partial charge in [0.25, 0.3) is 0 Å². The highest BCUT2D eigenvalue weighted by atomic mass is 32.2. The van der Waals surface area contributed by atoms with Gasteiger partial charge in [0, 0.05) is 48.9 Å². The van der Waals surface area contributed by atoms with Crippen LogP contribution in [0.15, 0.2) is 29.2 Å². The van der Waals surface area contributed by atoms with Gasteiger partial charge in [0.15, 0.2) is 0 Å². The monoisotopic (exact) mass is 264 g/mol. The topological polar surface area (TPSA) is 23.6 Å². The van der Waals surface area contributed by atoms with Crippen LogP contribution in [0.25, 0.3) is 0 Å². The van der Waals surface area contributed by atoms with Crippen LogP contribution in [-0.4, -0.2) is 61.6 Å². The fourth-order valence-corrected chi connectivity index (χ4v) is 3.02. The first-order valence-electron chi connectivity index (χ1n) is 6.37. The summed E-state index contributed by atoms with van der Waals surface area (Å²) in [6, 6.07) is 7.82. The van der Waals surface area contributed by atoms with Gasteiger partial charge in [-0.05, 0) is 19.2 Å². The molecule has 0 aromatic heterocycles. The fourth-order valence-electron chi connectivity index (χ4n) is 2.04. The molecule has 1 aliphatic heterocycles. The van der Waals surface area contributed by atoms with Crippen molar-refractivity contribution < 1.29 is 4.79 Å². The second-order valence-electron chi connectivity index (χ2n) is 4.68. The van der Waals surface area contributed by atoms with E-state index in [9.17, 15) is 4.79 Å². The van der Waals surface area contributed by atoms with Crippen molar-refractivity contribution in [2.24, 2.45) is 0 Å². The lowest BCUT2D eigenvalue weighted by molar-refractivity contribution is 0.112. The molecule has 0 N–H and O–H groups in total. The average Bonchev–Trinajstić information content (AvgIpc) is 2.41.